The predicted octanol–water partition coefficient (Wildman–Crippen LogP) is 4.14. The number of hydrogen-bond acceptors (Lipinski definition) is 2. The lowest BCUT2D eigenvalue weighted by atomic mass is 10.2. The Bertz CT molecular complexity index is 787. The lowest BCUT2D eigenvalue weighted by Crippen LogP contribution is -2.21. The molecule has 4 nitrogen and oxygen atoms in total. The van der Waals surface area contributed by atoms with Crippen LogP contribution in [-0.2, 0) is 9.59 Å². The summed E-state index contributed by atoms with van der Waals surface area (Å²) >= 11 is 5.87. The van der Waals surface area contributed by atoms with E-state index in [9.17, 15) is 18.4 Å². The average Bonchev–Trinajstić information content (AvgIpc) is 3.33. The molecule has 0 bridgehead atoms. The van der Waals surface area contributed by atoms with Crippen molar-refractivity contribution in [2.24, 2.45) is 11.8 Å². The van der Waals surface area contributed by atoms with Gasteiger partial charge in [0.15, 0.2) is 0 Å². The second-order valence-corrected chi connectivity index (χ2v) is 6.45. The van der Waals surface area contributed by atoms with Crippen LogP contribution in [0.2, 0.25) is 5.02 Å². The molecule has 2 aromatic rings. The molecule has 0 saturated heterocycles. The number of halogens is 3. The van der Waals surface area contributed by atoms with Crippen LogP contribution in [0.15, 0.2) is 36.4 Å². The molecule has 2 unspecified atom stereocenters. The molecule has 0 heterocycles. The molecule has 25 heavy (non-hydrogen) atoms. The maximum absolute atomic E-state index is 13.6. The van der Waals surface area contributed by atoms with Crippen LogP contribution >= 0.6 is 11.6 Å². The molecule has 1 aliphatic carbocycles. The van der Waals surface area contributed by atoms with E-state index in [2.05, 4.69) is 10.6 Å². The number of aryl methyl sites for hydroxylation is 1. The van der Waals surface area contributed by atoms with E-state index in [-0.39, 0.29) is 11.6 Å². The molecule has 1 aliphatic rings. The largest absolute Gasteiger partial charge is 0.326 e. The van der Waals surface area contributed by atoms with Gasteiger partial charge in [-0.15, -0.1) is 0 Å². The summed E-state index contributed by atoms with van der Waals surface area (Å²) in [6.45, 7) is 1.82. The molecule has 0 aliphatic heterocycles. The highest BCUT2D eigenvalue weighted by Crippen LogP contribution is 2.40. The quantitative estimate of drug-likeness (QED) is 0.856. The third kappa shape index (κ3) is 3.96. The normalized spacial score (nSPS) is 18.6. The zero-order valence-corrected chi connectivity index (χ0v) is 14.0. The van der Waals surface area contributed by atoms with Crippen molar-refractivity contribution in [1.29, 1.82) is 0 Å². The van der Waals surface area contributed by atoms with Crippen molar-refractivity contribution < 1.29 is 18.4 Å². The van der Waals surface area contributed by atoms with E-state index >= 15 is 0 Å². The van der Waals surface area contributed by atoms with Crippen LogP contribution in [0, 0.1) is 30.4 Å². The van der Waals surface area contributed by atoms with E-state index in [0.717, 1.165) is 17.7 Å². The number of carbonyl (C=O) groups is 2. The molecule has 0 radical (unpaired) electrons. The molecule has 7 heteroatoms. The third-order valence-electron chi connectivity index (χ3n) is 4.10. The summed E-state index contributed by atoms with van der Waals surface area (Å²) in [4.78, 5) is 24.4. The van der Waals surface area contributed by atoms with Crippen molar-refractivity contribution in [2.75, 3.05) is 10.6 Å². The third-order valence-corrected chi connectivity index (χ3v) is 4.33. The zero-order chi connectivity index (χ0) is 18.1. The van der Waals surface area contributed by atoms with Crippen LogP contribution in [0.1, 0.15) is 12.0 Å². The van der Waals surface area contributed by atoms with Crippen molar-refractivity contribution in [3.63, 3.8) is 0 Å². The van der Waals surface area contributed by atoms with Gasteiger partial charge in [-0.05, 0) is 49.2 Å². The van der Waals surface area contributed by atoms with Crippen LogP contribution in [0.3, 0.4) is 0 Å². The minimum atomic E-state index is -0.855. The number of benzene rings is 2. The highest BCUT2D eigenvalue weighted by Gasteiger charge is 2.48. The summed E-state index contributed by atoms with van der Waals surface area (Å²) in [5.74, 6) is -3.32. The highest BCUT2D eigenvalue weighted by molar-refractivity contribution is 6.30. The molecule has 0 aromatic heterocycles. The lowest BCUT2D eigenvalue weighted by Gasteiger charge is -2.09. The van der Waals surface area contributed by atoms with Gasteiger partial charge in [0.1, 0.15) is 11.6 Å². The van der Waals surface area contributed by atoms with Gasteiger partial charge in [-0.1, -0.05) is 11.6 Å². The molecule has 0 spiro atoms. The predicted molar refractivity (Wildman–Crippen MR) is 91.4 cm³/mol. The molecule has 1 saturated carbocycles. The SMILES string of the molecule is Cc1cc(Cl)ccc1NC(=O)C1CC1C(=O)Nc1ccc(F)cc1F. The summed E-state index contributed by atoms with van der Waals surface area (Å²) in [7, 11) is 0. The van der Waals surface area contributed by atoms with Crippen molar-refractivity contribution in [2.45, 2.75) is 13.3 Å². The Kier molecular flexibility index (Phi) is 4.72. The Morgan fingerprint density at radius 1 is 1.00 bits per heavy atom. The Balaban J connectivity index is 1.59. The molecule has 2 amide bonds. The Labute approximate surface area is 148 Å². The zero-order valence-electron chi connectivity index (χ0n) is 13.3. The summed E-state index contributed by atoms with van der Waals surface area (Å²) in [5.41, 5.74) is 1.34. The summed E-state index contributed by atoms with van der Waals surface area (Å²) < 4.78 is 26.4. The van der Waals surface area contributed by atoms with Gasteiger partial charge >= 0.3 is 0 Å². The fourth-order valence-corrected chi connectivity index (χ4v) is 2.81. The van der Waals surface area contributed by atoms with E-state index in [1.807, 2.05) is 6.92 Å². The topological polar surface area (TPSA) is 58.2 Å². The first-order valence-corrected chi connectivity index (χ1v) is 8.06. The van der Waals surface area contributed by atoms with Gasteiger partial charge < -0.3 is 10.6 Å². The Morgan fingerprint density at radius 2 is 1.60 bits per heavy atom. The van der Waals surface area contributed by atoms with Gasteiger partial charge in [-0.2, -0.15) is 0 Å². The minimum absolute atomic E-state index is 0.106. The summed E-state index contributed by atoms with van der Waals surface area (Å²) in [6.07, 6.45) is 0.382. The van der Waals surface area contributed by atoms with Crippen LogP contribution in [0.4, 0.5) is 20.2 Å². The molecule has 2 atom stereocenters. The Hall–Kier alpha value is -2.47. The monoisotopic (exact) mass is 364 g/mol. The molecular formula is C18H15ClF2N2O2. The first kappa shape index (κ1) is 17.4. The van der Waals surface area contributed by atoms with Crippen molar-refractivity contribution >= 4 is 34.8 Å². The van der Waals surface area contributed by atoms with Gasteiger partial charge in [0.2, 0.25) is 11.8 Å². The number of nitrogens with one attached hydrogen (secondary N) is 2. The maximum Gasteiger partial charge on any atom is 0.228 e. The average molecular weight is 365 g/mol. The van der Waals surface area contributed by atoms with E-state index in [1.165, 1.54) is 0 Å². The van der Waals surface area contributed by atoms with Crippen molar-refractivity contribution in [3.05, 3.63) is 58.6 Å². The molecule has 130 valence electrons. The highest BCUT2D eigenvalue weighted by atomic mass is 35.5. The van der Waals surface area contributed by atoms with E-state index in [0.29, 0.717) is 23.2 Å². The molecule has 2 aromatic carbocycles. The molecule has 3 rings (SSSR count). The van der Waals surface area contributed by atoms with Crippen LogP contribution in [0.25, 0.3) is 0 Å². The van der Waals surface area contributed by atoms with Gasteiger partial charge in [0.25, 0.3) is 0 Å². The smallest absolute Gasteiger partial charge is 0.228 e. The van der Waals surface area contributed by atoms with Gasteiger partial charge in [0, 0.05) is 16.8 Å². The van der Waals surface area contributed by atoms with Gasteiger partial charge in [-0.3, -0.25) is 9.59 Å². The van der Waals surface area contributed by atoms with Gasteiger partial charge in [-0.25, -0.2) is 8.78 Å². The molecular weight excluding hydrogens is 350 g/mol. The summed E-state index contributed by atoms with van der Waals surface area (Å²) in [5, 5.41) is 5.72. The van der Waals surface area contributed by atoms with Crippen LogP contribution < -0.4 is 10.6 Å². The summed E-state index contributed by atoms with van der Waals surface area (Å²) in [6, 6.07) is 7.98. The standard InChI is InChI=1S/C18H15ClF2N2O2/c1-9-6-10(19)2-4-15(9)22-17(24)12-8-13(12)18(25)23-16-5-3-11(20)7-14(16)21/h2-7,12-13H,8H2,1H3,(H,22,24)(H,23,25). The first-order chi connectivity index (χ1) is 11.8. The van der Waals surface area contributed by atoms with Crippen molar-refractivity contribution in [1.82, 2.24) is 0 Å². The first-order valence-electron chi connectivity index (χ1n) is 7.68. The fraction of sp³-hybridized carbons (Fsp3) is 0.222. The van der Waals surface area contributed by atoms with E-state index < -0.39 is 29.4 Å². The van der Waals surface area contributed by atoms with E-state index in [4.69, 9.17) is 11.6 Å². The number of hydrogen-bond donors (Lipinski definition) is 2. The fourth-order valence-electron chi connectivity index (χ4n) is 2.58. The van der Waals surface area contributed by atoms with E-state index in [1.54, 1.807) is 18.2 Å². The molecule has 2 N–H and O–H groups in total. The second kappa shape index (κ2) is 6.80. The Morgan fingerprint density at radius 3 is 2.20 bits per heavy atom. The van der Waals surface area contributed by atoms with Crippen LogP contribution in [0.5, 0.6) is 0 Å². The number of amides is 2. The van der Waals surface area contributed by atoms with Crippen LogP contribution in [-0.4, -0.2) is 11.8 Å². The maximum atomic E-state index is 13.6. The number of anilines is 2. The molecule has 1 fully saturated rings. The second-order valence-electron chi connectivity index (χ2n) is 6.01. The minimum Gasteiger partial charge on any atom is -0.326 e. The lowest BCUT2D eigenvalue weighted by molar-refractivity contribution is -0.122. The van der Waals surface area contributed by atoms with Gasteiger partial charge in [0.05, 0.1) is 17.5 Å². The number of rotatable bonds is 4. The number of carbonyl (C=O) groups excluding carboxylic acids is 2. The van der Waals surface area contributed by atoms with Crippen molar-refractivity contribution in [3.8, 4) is 0 Å².